The van der Waals surface area contributed by atoms with Crippen molar-refractivity contribution in [2.75, 3.05) is 5.75 Å². The van der Waals surface area contributed by atoms with Crippen LogP contribution in [-0.2, 0) is 16.7 Å². The molecule has 13 heavy (non-hydrogen) atoms. The zero-order valence-electron chi connectivity index (χ0n) is 6.93. The summed E-state index contributed by atoms with van der Waals surface area (Å²) < 4.78 is 32.3. The molecule has 68 valence electrons. The van der Waals surface area contributed by atoms with Gasteiger partial charge in [-0.1, -0.05) is 0 Å². The summed E-state index contributed by atoms with van der Waals surface area (Å²) in [6, 6.07) is 0. The van der Waals surface area contributed by atoms with Gasteiger partial charge in [0.1, 0.15) is 6.33 Å². The largest absolute Gasteiger partial charge is 1.00 e. The van der Waals surface area contributed by atoms with Crippen molar-refractivity contribution in [2.45, 2.75) is 6.54 Å². The second kappa shape index (κ2) is 5.23. The van der Waals surface area contributed by atoms with Crippen LogP contribution in [0.5, 0.6) is 0 Å². The van der Waals surface area contributed by atoms with E-state index in [1.165, 1.54) is 10.9 Å². The van der Waals surface area contributed by atoms with Crippen molar-refractivity contribution in [2.24, 2.45) is 0 Å². The summed E-state index contributed by atoms with van der Waals surface area (Å²) in [5.74, 6) is -0.471. The Labute approximate surface area is 102 Å². The number of H-pyrrole nitrogens is 1. The number of nitrogens with zero attached hydrogens (tertiary/aromatic N) is 2. The van der Waals surface area contributed by atoms with E-state index in [4.69, 9.17) is 12.2 Å². The minimum Gasteiger partial charge on any atom is -0.748 e. The van der Waals surface area contributed by atoms with Crippen molar-refractivity contribution in [3.8, 4) is 0 Å². The number of nitrogens with one attached hydrogen (secondary N) is 1. The van der Waals surface area contributed by atoms with Crippen LogP contribution in [0.25, 0.3) is 0 Å². The Morgan fingerprint density at radius 2 is 2.31 bits per heavy atom. The second-order valence-corrected chi connectivity index (χ2v) is 4.03. The fourth-order valence-electron chi connectivity index (χ4n) is 0.640. The van der Waals surface area contributed by atoms with Crippen molar-refractivity contribution < 1.29 is 42.5 Å². The van der Waals surface area contributed by atoms with Gasteiger partial charge in [-0.25, -0.2) is 8.42 Å². The molecule has 0 saturated carbocycles. The first-order chi connectivity index (χ1) is 5.49. The molecule has 1 rings (SSSR count). The van der Waals surface area contributed by atoms with Gasteiger partial charge in [0, 0.05) is 6.54 Å². The van der Waals surface area contributed by atoms with E-state index in [1.807, 2.05) is 0 Å². The molecular weight excluding hydrogens is 225 g/mol. The quantitative estimate of drug-likeness (QED) is 0.331. The van der Waals surface area contributed by atoms with Gasteiger partial charge >= 0.3 is 29.6 Å². The summed E-state index contributed by atoms with van der Waals surface area (Å²) in [5.41, 5.74) is 0. The minimum absolute atomic E-state index is 0. The van der Waals surface area contributed by atoms with E-state index in [2.05, 4.69) is 10.2 Å². The third kappa shape index (κ3) is 4.89. The molecule has 0 atom stereocenters. The maximum Gasteiger partial charge on any atom is 1.00 e. The SMILES string of the molecule is O=S(=O)([O-])CCn1cn[nH]c1=S.[Na+]. The molecule has 0 unspecified atom stereocenters. The van der Waals surface area contributed by atoms with Crippen LogP contribution in [0.15, 0.2) is 6.33 Å². The van der Waals surface area contributed by atoms with Crippen molar-refractivity contribution in [3.63, 3.8) is 0 Å². The fraction of sp³-hybridized carbons (Fsp3) is 0.500. The van der Waals surface area contributed by atoms with Crippen LogP contribution in [0, 0.1) is 4.77 Å². The maximum absolute atomic E-state index is 10.2. The number of hydrogen-bond acceptors (Lipinski definition) is 5. The maximum atomic E-state index is 10.2. The Morgan fingerprint density at radius 3 is 2.69 bits per heavy atom. The van der Waals surface area contributed by atoms with Gasteiger partial charge in [-0.15, -0.1) is 0 Å². The Hall–Kier alpha value is 0.270. The predicted molar refractivity (Wildman–Crippen MR) is 42.0 cm³/mol. The van der Waals surface area contributed by atoms with Crippen LogP contribution in [-0.4, -0.2) is 33.5 Å². The molecule has 0 bridgehead atoms. The molecule has 6 nitrogen and oxygen atoms in total. The van der Waals surface area contributed by atoms with Gasteiger partial charge in [-0.05, 0) is 12.2 Å². The molecule has 0 spiro atoms. The van der Waals surface area contributed by atoms with E-state index in [0.717, 1.165) is 0 Å². The number of aromatic amines is 1. The van der Waals surface area contributed by atoms with Crippen molar-refractivity contribution in [1.82, 2.24) is 14.8 Å². The molecule has 0 radical (unpaired) electrons. The molecular formula is C4H6N3NaO3S2. The summed E-state index contributed by atoms with van der Waals surface area (Å²) in [6.07, 6.45) is 1.34. The molecule has 0 amide bonds. The molecule has 1 heterocycles. The van der Waals surface area contributed by atoms with Gasteiger partial charge in [-0.2, -0.15) is 5.10 Å². The van der Waals surface area contributed by atoms with Crippen LogP contribution in [0.4, 0.5) is 0 Å². The topological polar surface area (TPSA) is 90.8 Å². The molecule has 0 fully saturated rings. The fourth-order valence-corrected chi connectivity index (χ4v) is 1.25. The first-order valence-corrected chi connectivity index (χ1v) is 5.01. The Morgan fingerprint density at radius 1 is 1.69 bits per heavy atom. The average Bonchev–Trinajstić information content (AvgIpc) is 2.29. The van der Waals surface area contributed by atoms with Gasteiger partial charge < -0.3 is 9.12 Å². The van der Waals surface area contributed by atoms with E-state index >= 15 is 0 Å². The van der Waals surface area contributed by atoms with E-state index in [0.29, 0.717) is 4.77 Å². The zero-order valence-corrected chi connectivity index (χ0v) is 10.6. The third-order valence-corrected chi connectivity index (χ3v) is 2.21. The Balaban J connectivity index is 0.00000144. The van der Waals surface area contributed by atoms with Crippen molar-refractivity contribution in [1.29, 1.82) is 0 Å². The first-order valence-electron chi connectivity index (χ1n) is 3.02. The van der Waals surface area contributed by atoms with E-state index in [-0.39, 0.29) is 36.1 Å². The van der Waals surface area contributed by atoms with Gasteiger partial charge in [0.2, 0.25) is 0 Å². The molecule has 9 heteroatoms. The van der Waals surface area contributed by atoms with Gasteiger partial charge in [0.25, 0.3) is 0 Å². The van der Waals surface area contributed by atoms with E-state index in [1.54, 1.807) is 0 Å². The molecule has 1 aromatic rings. The number of aromatic nitrogens is 3. The number of rotatable bonds is 3. The average molecular weight is 231 g/mol. The molecule has 0 aliphatic rings. The van der Waals surface area contributed by atoms with Crippen LogP contribution in [0.1, 0.15) is 0 Å². The van der Waals surface area contributed by atoms with E-state index in [9.17, 15) is 13.0 Å². The molecule has 0 aliphatic heterocycles. The standard InChI is InChI=1S/C4H7N3O3S2.Na/c8-12(9,10)2-1-7-3-5-6-4(7)11;/h3H,1-2H2,(H,6,11)(H,8,9,10);/q;+1/p-1. The molecule has 0 saturated heterocycles. The van der Waals surface area contributed by atoms with Crippen LogP contribution in [0.3, 0.4) is 0 Å². The summed E-state index contributed by atoms with van der Waals surface area (Å²) in [5, 5.41) is 6.00. The molecule has 0 aliphatic carbocycles. The predicted octanol–water partition coefficient (Wildman–Crippen LogP) is -3.51. The summed E-state index contributed by atoms with van der Waals surface area (Å²) in [4.78, 5) is 0. The van der Waals surface area contributed by atoms with Gasteiger partial charge in [0.05, 0.1) is 15.9 Å². The van der Waals surface area contributed by atoms with Crippen molar-refractivity contribution in [3.05, 3.63) is 11.1 Å². The van der Waals surface area contributed by atoms with Gasteiger partial charge in [-0.3, -0.25) is 5.10 Å². The Bertz CT molecular complexity index is 408. The van der Waals surface area contributed by atoms with Gasteiger partial charge in [0.15, 0.2) is 4.77 Å². The number of aryl methyl sites for hydroxylation is 1. The van der Waals surface area contributed by atoms with Crippen molar-refractivity contribution >= 4 is 22.3 Å². The zero-order chi connectivity index (χ0) is 9.19. The summed E-state index contributed by atoms with van der Waals surface area (Å²) in [7, 11) is -4.18. The smallest absolute Gasteiger partial charge is 0.748 e. The third-order valence-electron chi connectivity index (χ3n) is 1.20. The Kier molecular flexibility index (Phi) is 5.33. The minimum atomic E-state index is -4.18. The second-order valence-electron chi connectivity index (χ2n) is 2.12. The van der Waals surface area contributed by atoms with Crippen LogP contribution in [0.2, 0.25) is 0 Å². The molecule has 1 N–H and O–H groups in total. The summed E-state index contributed by atoms with van der Waals surface area (Å²) >= 11 is 4.72. The first kappa shape index (κ1) is 13.3. The normalized spacial score (nSPS) is 10.8. The summed E-state index contributed by atoms with van der Waals surface area (Å²) in [6.45, 7) is 0.0428. The van der Waals surface area contributed by atoms with Crippen LogP contribution >= 0.6 is 12.2 Å². The molecule has 0 aromatic carbocycles. The van der Waals surface area contributed by atoms with Crippen LogP contribution < -0.4 is 29.6 Å². The monoisotopic (exact) mass is 231 g/mol. The number of hydrogen-bond donors (Lipinski definition) is 1. The molecule has 1 aromatic heterocycles. The van der Waals surface area contributed by atoms with E-state index < -0.39 is 15.9 Å².